The molecule has 0 aliphatic heterocycles. The second-order valence-electron chi connectivity index (χ2n) is 10.8. The minimum Gasteiger partial charge on any atom is -0.454 e. The maximum absolute atomic E-state index is 9.57. The standard InChI is InChI=1S/C38H20N4O/c39-21-23-12-16-35-31(18-23)28-9-2-3-10-33(28)41(35)25-6-5-7-26(20-25)42-34-11-4-1-8-27(34)29-14-15-30-32-19-24(22-40)13-17-36(32)43-38(30)37(29)42/h1-20H. The summed E-state index contributed by atoms with van der Waals surface area (Å²) in [5.41, 5.74) is 9.05. The van der Waals surface area contributed by atoms with Gasteiger partial charge in [0.15, 0.2) is 5.58 Å². The minimum absolute atomic E-state index is 0.608. The van der Waals surface area contributed by atoms with Crippen LogP contribution in [-0.2, 0) is 0 Å². The van der Waals surface area contributed by atoms with Gasteiger partial charge in [-0.1, -0.05) is 48.5 Å². The van der Waals surface area contributed by atoms with Crippen LogP contribution in [0.15, 0.2) is 126 Å². The van der Waals surface area contributed by atoms with Crippen LogP contribution in [0.2, 0.25) is 0 Å². The average molecular weight is 549 g/mol. The summed E-state index contributed by atoms with van der Waals surface area (Å²) in [6, 6.07) is 45.6. The highest BCUT2D eigenvalue weighted by Gasteiger charge is 2.20. The van der Waals surface area contributed by atoms with E-state index in [1.807, 2.05) is 36.4 Å². The lowest BCUT2D eigenvalue weighted by molar-refractivity contribution is 0.671. The molecule has 3 heterocycles. The van der Waals surface area contributed by atoms with Gasteiger partial charge < -0.3 is 13.6 Å². The van der Waals surface area contributed by atoms with E-state index in [4.69, 9.17) is 4.42 Å². The van der Waals surface area contributed by atoms with Gasteiger partial charge in [-0.25, -0.2) is 0 Å². The lowest BCUT2D eigenvalue weighted by Crippen LogP contribution is -1.98. The molecule has 0 spiro atoms. The van der Waals surface area contributed by atoms with Crippen LogP contribution in [0.4, 0.5) is 0 Å². The molecule has 0 amide bonds. The van der Waals surface area contributed by atoms with Gasteiger partial charge in [-0.2, -0.15) is 10.5 Å². The van der Waals surface area contributed by atoms with Gasteiger partial charge in [0.25, 0.3) is 0 Å². The summed E-state index contributed by atoms with van der Waals surface area (Å²) in [6.45, 7) is 0. The van der Waals surface area contributed by atoms with Gasteiger partial charge in [0, 0.05) is 43.7 Å². The third-order valence-electron chi connectivity index (χ3n) is 8.55. The van der Waals surface area contributed by atoms with Crippen LogP contribution < -0.4 is 0 Å². The van der Waals surface area contributed by atoms with Crippen molar-refractivity contribution in [3.63, 3.8) is 0 Å². The Balaban J connectivity index is 1.37. The van der Waals surface area contributed by atoms with Gasteiger partial charge in [0.2, 0.25) is 0 Å². The summed E-state index contributed by atoms with van der Waals surface area (Å²) in [5, 5.41) is 25.4. The maximum atomic E-state index is 9.57. The molecule has 9 rings (SSSR count). The molecular weight excluding hydrogens is 528 g/mol. The molecule has 43 heavy (non-hydrogen) atoms. The molecular formula is C38H20N4O. The number of nitrogens with zero attached hydrogens (tertiary/aromatic N) is 4. The molecule has 9 aromatic rings. The summed E-state index contributed by atoms with van der Waals surface area (Å²) < 4.78 is 11.1. The molecule has 0 atom stereocenters. The van der Waals surface area contributed by atoms with E-state index in [1.54, 1.807) is 6.07 Å². The van der Waals surface area contributed by atoms with E-state index in [1.165, 1.54) is 0 Å². The fourth-order valence-electron chi connectivity index (χ4n) is 6.71. The Morgan fingerprint density at radius 1 is 0.465 bits per heavy atom. The first-order chi connectivity index (χ1) is 21.2. The van der Waals surface area contributed by atoms with Gasteiger partial charge in [-0.3, -0.25) is 0 Å². The molecule has 5 nitrogen and oxygen atoms in total. The van der Waals surface area contributed by atoms with Crippen molar-refractivity contribution >= 4 is 65.6 Å². The number of rotatable bonds is 2. The zero-order valence-electron chi connectivity index (χ0n) is 22.7. The van der Waals surface area contributed by atoms with Crippen molar-refractivity contribution in [3.8, 4) is 23.5 Å². The van der Waals surface area contributed by atoms with Gasteiger partial charge >= 0.3 is 0 Å². The molecule has 0 radical (unpaired) electrons. The molecule has 0 N–H and O–H groups in total. The van der Waals surface area contributed by atoms with Gasteiger partial charge in [-0.05, 0) is 72.8 Å². The fourth-order valence-corrected chi connectivity index (χ4v) is 6.71. The Hall–Kier alpha value is -6.30. The second kappa shape index (κ2) is 8.60. The van der Waals surface area contributed by atoms with Crippen molar-refractivity contribution in [2.75, 3.05) is 0 Å². The normalized spacial score (nSPS) is 11.7. The number of benzene rings is 6. The number of furan rings is 1. The van der Waals surface area contributed by atoms with E-state index < -0.39 is 0 Å². The maximum Gasteiger partial charge on any atom is 0.160 e. The summed E-state index contributed by atoms with van der Waals surface area (Å²) in [4.78, 5) is 0. The van der Waals surface area contributed by atoms with Gasteiger partial charge in [0.1, 0.15) is 5.58 Å². The molecule has 6 aromatic carbocycles. The Labute approximate surface area is 245 Å². The molecule has 0 aliphatic rings. The SMILES string of the molecule is N#Cc1ccc2oc3c(ccc4c5ccccc5n(-c5cccc(-n6c7ccccc7c7cc(C#N)ccc76)c5)c43)c2c1. The molecule has 3 aromatic heterocycles. The largest absolute Gasteiger partial charge is 0.454 e. The number of hydrogen-bond acceptors (Lipinski definition) is 3. The van der Waals surface area contributed by atoms with Crippen LogP contribution in [0.3, 0.4) is 0 Å². The van der Waals surface area contributed by atoms with Crippen molar-refractivity contribution in [2.45, 2.75) is 0 Å². The van der Waals surface area contributed by atoms with E-state index >= 15 is 0 Å². The first kappa shape index (κ1) is 23.4. The topological polar surface area (TPSA) is 70.6 Å². The van der Waals surface area contributed by atoms with Gasteiger partial charge in [0.05, 0.1) is 45.3 Å². The number of nitriles is 2. The zero-order valence-corrected chi connectivity index (χ0v) is 22.7. The van der Waals surface area contributed by atoms with Crippen molar-refractivity contribution < 1.29 is 4.42 Å². The van der Waals surface area contributed by atoms with E-state index in [-0.39, 0.29) is 0 Å². The van der Waals surface area contributed by atoms with E-state index in [0.717, 1.165) is 76.9 Å². The second-order valence-corrected chi connectivity index (χ2v) is 10.8. The Bertz CT molecular complexity index is 2710. The lowest BCUT2D eigenvalue weighted by atomic mass is 10.1. The Morgan fingerprint density at radius 3 is 1.84 bits per heavy atom. The molecule has 198 valence electrons. The zero-order chi connectivity index (χ0) is 28.7. The Kier molecular flexibility index (Phi) is 4.68. The summed E-state index contributed by atoms with van der Waals surface area (Å²) in [5.74, 6) is 0. The molecule has 0 aliphatic carbocycles. The van der Waals surface area contributed by atoms with Crippen LogP contribution in [-0.4, -0.2) is 9.13 Å². The number of hydrogen-bond donors (Lipinski definition) is 0. The minimum atomic E-state index is 0.608. The predicted molar refractivity (Wildman–Crippen MR) is 172 cm³/mol. The molecule has 5 heteroatoms. The highest BCUT2D eigenvalue weighted by atomic mass is 16.3. The third-order valence-corrected chi connectivity index (χ3v) is 8.55. The van der Waals surface area contributed by atoms with Crippen LogP contribution in [0.25, 0.3) is 76.9 Å². The monoisotopic (exact) mass is 548 g/mol. The van der Waals surface area contributed by atoms with Crippen LogP contribution in [0.1, 0.15) is 11.1 Å². The van der Waals surface area contributed by atoms with Crippen molar-refractivity contribution in [3.05, 3.63) is 132 Å². The summed E-state index contributed by atoms with van der Waals surface area (Å²) in [6.07, 6.45) is 0. The summed E-state index contributed by atoms with van der Waals surface area (Å²) >= 11 is 0. The molecule has 0 saturated carbocycles. The smallest absolute Gasteiger partial charge is 0.160 e. The Morgan fingerprint density at radius 2 is 1.07 bits per heavy atom. The van der Waals surface area contributed by atoms with Crippen LogP contribution in [0.5, 0.6) is 0 Å². The van der Waals surface area contributed by atoms with E-state index in [0.29, 0.717) is 11.1 Å². The number of para-hydroxylation sites is 2. The molecule has 0 fully saturated rings. The number of aromatic nitrogens is 2. The van der Waals surface area contributed by atoms with Crippen LogP contribution >= 0.6 is 0 Å². The van der Waals surface area contributed by atoms with E-state index in [2.05, 4.69) is 100 Å². The average Bonchev–Trinajstić information content (AvgIpc) is 3.71. The first-order valence-electron chi connectivity index (χ1n) is 14.1. The predicted octanol–water partition coefficient (Wildman–Crippen LogP) is 9.52. The summed E-state index contributed by atoms with van der Waals surface area (Å²) in [7, 11) is 0. The van der Waals surface area contributed by atoms with Crippen molar-refractivity contribution in [2.24, 2.45) is 0 Å². The van der Waals surface area contributed by atoms with Crippen molar-refractivity contribution in [1.82, 2.24) is 9.13 Å². The molecule has 0 saturated heterocycles. The molecule has 0 unspecified atom stereocenters. The molecule has 0 bridgehead atoms. The highest BCUT2D eigenvalue weighted by Crippen LogP contribution is 2.41. The van der Waals surface area contributed by atoms with Crippen molar-refractivity contribution in [1.29, 1.82) is 10.5 Å². The lowest BCUT2D eigenvalue weighted by Gasteiger charge is -2.13. The van der Waals surface area contributed by atoms with E-state index in [9.17, 15) is 10.5 Å². The first-order valence-corrected chi connectivity index (χ1v) is 14.1. The quantitative estimate of drug-likeness (QED) is 0.216. The highest BCUT2D eigenvalue weighted by molar-refractivity contribution is 6.21. The number of fused-ring (bicyclic) bond motifs is 10. The third kappa shape index (κ3) is 3.19. The fraction of sp³-hybridized carbons (Fsp3) is 0. The van der Waals surface area contributed by atoms with Gasteiger partial charge in [-0.15, -0.1) is 0 Å². The van der Waals surface area contributed by atoms with Crippen LogP contribution in [0, 0.1) is 22.7 Å².